The van der Waals surface area contributed by atoms with E-state index < -0.39 is 23.9 Å². The lowest BCUT2D eigenvalue weighted by molar-refractivity contribution is -0.159. The molecule has 1 aromatic carbocycles. The molecule has 0 radical (unpaired) electrons. The Hall–Kier alpha value is -2.95. The molecule has 0 fully saturated rings. The van der Waals surface area contributed by atoms with Crippen molar-refractivity contribution in [3.63, 3.8) is 0 Å². The van der Waals surface area contributed by atoms with E-state index in [4.69, 9.17) is 9.47 Å². The fourth-order valence-electron chi connectivity index (χ4n) is 1.94. The third kappa shape index (κ3) is 5.26. The number of rotatable bonds is 6. The normalized spacial score (nSPS) is 11.3. The highest BCUT2D eigenvalue weighted by Gasteiger charge is 2.38. The summed E-state index contributed by atoms with van der Waals surface area (Å²) in [5, 5.41) is 3.27. The van der Waals surface area contributed by atoms with E-state index in [0.717, 1.165) is 4.90 Å². The van der Waals surface area contributed by atoms with Crippen LogP contribution < -0.4 is 4.90 Å². The molecule has 0 spiro atoms. The molecule has 0 saturated heterocycles. The topological polar surface area (TPSA) is 94.8 Å². The van der Waals surface area contributed by atoms with Gasteiger partial charge >= 0.3 is 23.9 Å². The van der Waals surface area contributed by atoms with Crippen LogP contribution in [0.1, 0.15) is 12.8 Å². The van der Waals surface area contributed by atoms with Crippen molar-refractivity contribution in [2.75, 3.05) is 31.8 Å². The Morgan fingerprint density at radius 1 is 1.19 bits per heavy atom. The first kappa shape index (κ1) is 20.4. The van der Waals surface area contributed by atoms with Gasteiger partial charge in [-0.3, -0.25) is 4.79 Å². The summed E-state index contributed by atoms with van der Waals surface area (Å²) in [7, 11) is 1.36. The van der Waals surface area contributed by atoms with Gasteiger partial charge in [0.15, 0.2) is 0 Å². The van der Waals surface area contributed by atoms with Gasteiger partial charge in [-0.05, 0) is 31.2 Å². The first-order valence-corrected chi connectivity index (χ1v) is 7.78. The van der Waals surface area contributed by atoms with Gasteiger partial charge in [0.1, 0.15) is 6.61 Å². The van der Waals surface area contributed by atoms with Crippen LogP contribution >= 0.6 is 0 Å². The molecule has 0 bridgehead atoms. The van der Waals surface area contributed by atoms with Gasteiger partial charge in [-0.1, -0.05) is 5.16 Å². The lowest BCUT2D eigenvalue weighted by Crippen LogP contribution is -2.35. The molecule has 0 unspecified atom stereocenters. The molecule has 1 amide bonds. The first-order valence-electron chi connectivity index (χ1n) is 7.78. The maximum Gasteiger partial charge on any atom is 0.471 e. The number of amides is 1. The summed E-state index contributed by atoms with van der Waals surface area (Å²) < 4.78 is 51.4. The van der Waals surface area contributed by atoms with Crippen molar-refractivity contribution in [3.05, 3.63) is 30.2 Å². The molecular weight excluding hydrogens is 371 g/mol. The molecule has 2 rings (SSSR count). The van der Waals surface area contributed by atoms with Gasteiger partial charge in [0.2, 0.25) is 5.82 Å². The minimum Gasteiger partial charge on any atom is -0.456 e. The first-order chi connectivity index (χ1) is 12.7. The SMILES string of the molecule is CCOCCOC(=O)C(=O)N(C)c1ccc(-c2noc(C(F)(F)F)n2)cc1. The van der Waals surface area contributed by atoms with Crippen LogP contribution in [0.25, 0.3) is 11.4 Å². The summed E-state index contributed by atoms with van der Waals surface area (Å²) in [6.07, 6.45) is -4.74. The quantitative estimate of drug-likeness (QED) is 0.426. The molecule has 0 aliphatic rings. The van der Waals surface area contributed by atoms with Crippen molar-refractivity contribution in [3.8, 4) is 11.4 Å². The van der Waals surface area contributed by atoms with Gasteiger partial charge in [-0.25, -0.2) is 4.79 Å². The highest BCUT2D eigenvalue weighted by molar-refractivity contribution is 6.37. The minimum atomic E-state index is -4.74. The minimum absolute atomic E-state index is 0.0510. The van der Waals surface area contributed by atoms with Crippen molar-refractivity contribution in [2.24, 2.45) is 0 Å². The number of carbonyl (C=O) groups is 2. The van der Waals surface area contributed by atoms with E-state index in [1.807, 2.05) is 0 Å². The zero-order valence-corrected chi connectivity index (χ0v) is 14.4. The van der Waals surface area contributed by atoms with Crippen molar-refractivity contribution in [1.29, 1.82) is 0 Å². The molecule has 2 aromatic rings. The smallest absolute Gasteiger partial charge is 0.456 e. The average Bonchev–Trinajstić information content (AvgIpc) is 3.14. The third-order valence-electron chi connectivity index (χ3n) is 3.33. The van der Waals surface area contributed by atoms with Crippen LogP contribution in [-0.2, 0) is 25.2 Å². The lowest BCUT2D eigenvalue weighted by Gasteiger charge is -2.16. The summed E-state index contributed by atoms with van der Waals surface area (Å²) in [5.74, 6) is -3.66. The number of carbonyl (C=O) groups excluding carboxylic acids is 2. The highest BCUT2D eigenvalue weighted by atomic mass is 19.4. The molecular formula is C16H16F3N3O5. The summed E-state index contributed by atoms with van der Waals surface area (Å²) in [6, 6.07) is 5.63. The number of hydrogen-bond donors (Lipinski definition) is 0. The van der Waals surface area contributed by atoms with Crippen LogP contribution in [0.4, 0.5) is 18.9 Å². The number of nitrogens with zero attached hydrogens (tertiary/aromatic N) is 3. The van der Waals surface area contributed by atoms with Crippen LogP contribution in [-0.4, -0.2) is 48.9 Å². The van der Waals surface area contributed by atoms with Crippen molar-refractivity contribution in [1.82, 2.24) is 10.1 Å². The van der Waals surface area contributed by atoms with Gasteiger partial charge in [0.05, 0.1) is 6.61 Å². The number of alkyl halides is 3. The Bertz CT molecular complexity index is 789. The second kappa shape index (κ2) is 8.62. The van der Waals surface area contributed by atoms with E-state index in [2.05, 4.69) is 14.7 Å². The van der Waals surface area contributed by atoms with E-state index >= 15 is 0 Å². The van der Waals surface area contributed by atoms with E-state index in [0.29, 0.717) is 12.3 Å². The Morgan fingerprint density at radius 2 is 1.85 bits per heavy atom. The standard InChI is InChI=1S/C16H16F3N3O5/c1-3-25-8-9-26-14(24)13(23)22(2)11-6-4-10(5-7-11)12-20-15(27-21-12)16(17,18)19/h4-7H,3,8-9H2,1-2H3. The number of halogens is 3. The monoisotopic (exact) mass is 387 g/mol. The van der Waals surface area contributed by atoms with Gasteiger partial charge in [-0.15, -0.1) is 0 Å². The van der Waals surface area contributed by atoms with E-state index in [1.54, 1.807) is 6.92 Å². The lowest BCUT2D eigenvalue weighted by atomic mass is 10.2. The Balaban J connectivity index is 2.02. The van der Waals surface area contributed by atoms with Gasteiger partial charge in [0.25, 0.3) is 0 Å². The number of benzene rings is 1. The molecule has 27 heavy (non-hydrogen) atoms. The average molecular weight is 387 g/mol. The molecule has 0 saturated carbocycles. The third-order valence-corrected chi connectivity index (χ3v) is 3.33. The summed E-state index contributed by atoms with van der Waals surface area (Å²) in [4.78, 5) is 28.0. The van der Waals surface area contributed by atoms with Gasteiger partial charge in [-0.2, -0.15) is 18.2 Å². The van der Waals surface area contributed by atoms with Crippen molar-refractivity contribution >= 4 is 17.6 Å². The summed E-state index contributed by atoms with van der Waals surface area (Å²) >= 11 is 0. The molecule has 1 aromatic heterocycles. The second-order valence-electron chi connectivity index (χ2n) is 5.16. The maximum absolute atomic E-state index is 12.5. The van der Waals surface area contributed by atoms with E-state index in [1.165, 1.54) is 31.3 Å². The maximum atomic E-state index is 12.5. The van der Waals surface area contributed by atoms with Crippen molar-refractivity contribution in [2.45, 2.75) is 13.1 Å². The summed E-state index contributed by atoms with van der Waals surface area (Å²) in [6.45, 7) is 2.37. The van der Waals surface area contributed by atoms with Crippen LogP contribution in [0.15, 0.2) is 28.8 Å². The fourth-order valence-corrected chi connectivity index (χ4v) is 1.94. The second-order valence-corrected chi connectivity index (χ2v) is 5.16. The number of likely N-dealkylation sites (N-methyl/N-ethyl adjacent to an activating group) is 1. The predicted octanol–water partition coefficient (Wildman–Crippen LogP) is 2.30. The molecule has 0 aliphatic carbocycles. The zero-order valence-electron chi connectivity index (χ0n) is 14.4. The molecule has 1 heterocycles. The van der Waals surface area contributed by atoms with Crippen LogP contribution in [0.5, 0.6) is 0 Å². The van der Waals surface area contributed by atoms with E-state index in [9.17, 15) is 22.8 Å². The number of hydrogen-bond acceptors (Lipinski definition) is 7. The van der Waals surface area contributed by atoms with Gasteiger partial charge < -0.3 is 18.9 Å². The molecule has 0 N–H and O–H groups in total. The van der Waals surface area contributed by atoms with E-state index in [-0.39, 0.29) is 24.6 Å². The number of aromatic nitrogens is 2. The number of anilines is 1. The Kier molecular flexibility index (Phi) is 6.50. The predicted molar refractivity (Wildman–Crippen MR) is 85.6 cm³/mol. The highest BCUT2D eigenvalue weighted by Crippen LogP contribution is 2.29. The molecule has 8 nitrogen and oxygen atoms in total. The zero-order chi connectivity index (χ0) is 20.0. The van der Waals surface area contributed by atoms with Gasteiger partial charge in [0, 0.05) is 24.9 Å². The molecule has 146 valence electrons. The fraction of sp³-hybridized carbons (Fsp3) is 0.375. The van der Waals surface area contributed by atoms with Crippen LogP contribution in [0.2, 0.25) is 0 Å². The molecule has 11 heteroatoms. The van der Waals surface area contributed by atoms with Crippen LogP contribution in [0.3, 0.4) is 0 Å². The van der Waals surface area contributed by atoms with Crippen molar-refractivity contribution < 1.29 is 36.8 Å². The molecule has 0 atom stereocenters. The molecule has 0 aliphatic heterocycles. The van der Waals surface area contributed by atoms with Crippen LogP contribution in [0, 0.1) is 0 Å². The Labute approximate surface area is 151 Å². The largest absolute Gasteiger partial charge is 0.471 e. The summed E-state index contributed by atoms with van der Waals surface area (Å²) in [5.41, 5.74) is 0.572. The number of esters is 1. The Morgan fingerprint density at radius 3 is 2.41 bits per heavy atom. The number of ether oxygens (including phenoxy) is 2.